The topological polar surface area (TPSA) is 0 Å². The molecule has 0 amide bonds. The summed E-state index contributed by atoms with van der Waals surface area (Å²) in [6, 6.07) is 8.68. The van der Waals surface area contributed by atoms with Gasteiger partial charge in [0.15, 0.2) is 0 Å². The summed E-state index contributed by atoms with van der Waals surface area (Å²) in [6.45, 7) is 2.20. The minimum absolute atomic E-state index is 0.590. The van der Waals surface area contributed by atoms with Crippen molar-refractivity contribution in [3.8, 4) is 0 Å². The molecule has 1 fully saturated rings. The van der Waals surface area contributed by atoms with Gasteiger partial charge in [0.25, 0.3) is 0 Å². The zero-order chi connectivity index (χ0) is 10.7. The van der Waals surface area contributed by atoms with E-state index in [1.165, 1.54) is 40.8 Å². The van der Waals surface area contributed by atoms with Crippen LogP contribution in [0.15, 0.2) is 29.2 Å². The maximum atomic E-state index is 3.66. The normalized spacial score (nSPS) is 18.5. The molecule has 2 heteroatoms. The van der Waals surface area contributed by atoms with Crippen molar-refractivity contribution in [2.24, 2.45) is 5.41 Å². The van der Waals surface area contributed by atoms with Gasteiger partial charge in [0.05, 0.1) is 0 Å². The van der Waals surface area contributed by atoms with E-state index in [4.69, 9.17) is 0 Å². The van der Waals surface area contributed by atoms with Crippen molar-refractivity contribution < 1.29 is 0 Å². The highest BCUT2D eigenvalue weighted by Gasteiger charge is 2.35. The van der Waals surface area contributed by atoms with Gasteiger partial charge < -0.3 is 0 Å². The summed E-state index contributed by atoms with van der Waals surface area (Å²) in [6.07, 6.45) is 4.22. The number of thioether (sulfide) groups is 1. The van der Waals surface area contributed by atoms with Crippen molar-refractivity contribution in [2.75, 3.05) is 11.1 Å². The second-order valence-corrected chi connectivity index (χ2v) is 6.12. The van der Waals surface area contributed by atoms with Gasteiger partial charge in [0, 0.05) is 16.0 Å². The SMILES string of the molecule is Cc1ccccc1SCC1(CBr)CCC1. The second kappa shape index (κ2) is 4.92. The van der Waals surface area contributed by atoms with Gasteiger partial charge in [-0.25, -0.2) is 0 Å². The van der Waals surface area contributed by atoms with Crippen LogP contribution in [0.2, 0.25) is 0 Å². The van der Waals surface area contributed by atoms with Gasteiger partial charge in [-0.15, -0.1) is 11.8 Å². The van der Waals surface area contributed by atoms with Crippen LogP contribution in [0, 0.1) is 12.3 Å². The number of aryl methyl sites for hydroxylation is 1. The summed E-state index contributed by atoms with van der Waals surface area (Å²) in [5.74, 6) is 1.27. The van der Waals surface area contributed by atoms with Gasteiger partial charge in [0.2, 0.25) is 0 Å². The molecular formula is C13H17BrS. The van der Waals surface area contributed by atoms with E-state index < -0.39 is 0 Å². The zero-order valence-electron chi connectivity index (χ0n) is 9.13. The lowest BCUT2D eigenvalue weighted by atomic mass is 9.72. The van der Waals surface area contributed by atoms with Crippen LogP contribution in [-0.4, -0.2) is 11.1 Å². The molecule has 0 N–H and O–H groups in total. The van der Waals surface area contributed by atoms with E-state index in [-0.39, 0.29) is 0 Å². The smallest absolute Gasteiger partial charge is 0.0101 e. The van der Waals surface area contributed by atoms with Crippen LogP contribution >= 0.6 is 27.7 Å². The molecule has 0 nitrogen and oxygen atoms in total. The quantitative estimate of drug-likeness (QED) is 0.573. The van der Waals surface area contributed by atoms with Crippen LogP contribution < -0.4 is 0 Å². The van der Waals surface area contributed by atoms with Crippen LogP contribution in [0.4, 0.5) is 0 Å². The Morgan fingerprint density at radius 3 is 2.60 bits per heavy atom. The van der Waals surface area contributed by atoms with E-state index in [1.54, 1.807) is 0 Å². The van der Waals surface area contributed by atoms with Crippen LogP contribution in [0.5, 0.6) is 0 Å². The van der Waals surface area contributed by atoms with Gasteiger partial charge in [-0.2, -0.15) is 0 Å². The molecule has 15 heavy (non-hydrogen) atoms. The predicted molar refractivity (Wildman–Crippen MR) is 72.0 cm³/mol. The highest BCUT2D eigenvalue weighted by atomic mass is 79.9. The molecule has 0 atom stereocenters. The molecule has 0 bridgehead atoms. The summed E-state index contributed by atoms with van der Waals surface area (Å²) in [5, 5.41) is 1.17. The summed E-state index contributed by atoms with van der Waals surface area (Å²) in [4.78, 5) is 1.45. The van der Waals surface area contributed by atoms with Crippen molar-refractivity contribution >= 4 is 27.7 Å². The number of alkyl halides is 1. The Bertz CT molecular complexity index is 326. The fourth-order valence-electron chi connectivity index (χ4n) is 1.94. The molecule has 1 aromatic carbocycles. The third kappa shape index (κ3) is 2.59. The van der Waals surface area contributed by atoms with E-state index in [0.29, 0.717) is 5.41 Å². The first kappa shape index (κ1) is 11.5. The van der Waals surface area contributed by atoms with Crippen LogP contribution in [0.3, 0.4) is 0 Å². The molecule has 0 radical (unpaired) electrons. The van der Waals surface area contributed by atoms with Crippen molar-refractivity contribution in [3.05, 3.63) is 29.8 Å². The fraction of sp³-hybridized carbons (Fsp3) is 0.538. The van der Waals surface area contributed by atoms with Crippen LogP contribution in [-0.2, 0) is 0 Å². The summed E-state index contributed by atoms with van der Waals surface area (Å²) >= 11 is 5.69. The predicted octanol–water partition coefficient (Wildman–Crippen LogP) is 4.65. The van der Waals surface area contributed by atoms with Gasteiger partial charge in [-0.3, -0.25) is 0 Å². The Morgan fingerprint density at radius 2 is 2.07 bits per heavy atom. The van der Waals surface area contributed by atoms with Gasteiger partial charge in [0.1, 0.15) is 0 Å². The molecule has 0 spiro atoms. The summed E-state index contributed by atoms with van der Waals surface area (Å²) in [5.41, 5.74) is 2.00. The van der Waals surface area contributed by atoms with Crippen molar-refractivity contribution in [1.29, 1.82) is 0 Å². The molecule has 1 saturated carbocycles. The molecule has 0 aliphatic heterocycles. The number of benzene rings is 1. The van der Waals surface area contributed by atoms with Crippen molar-refractivity contribution in [1.82, 2.24) is 0 Å². The number of hydrogen-bond acceptors (Lipinski definition) is 1. The lowest BCUT2D eigenvalue weighted by molar-refractivity contribution is 0.206. The first-order valence-corrected chi connectivity index (χ1v) is 7.61. The molecule has 0 aromatic heterocycles. The Labute approximate surface area is 105 Å². The zero-order valence-corrected chi connectivity index (χ0v) is 11.5. The largest absolute Gasteiger partial charge is 0.125 e. The van der Waals surface area contributed by atoms with E-state index in [0.717, 1.165) is 0 Å². The van der Waals surface area contributed by atoms with Gasteiger partial charge >= 0.3 is 0 Å². The highest BCUT2D eigenvalue weighted by Crippen LogP contribution is 2.46. The average Bonchev–Trinajstić information content (AvgIpc) is 2.19. The minimum atomic E-state index is 0.590. The van der Waals surface area contributed by atoms with E-state index in [9.17, 15) is 0 Å². The molecule has 1 aromatic rings. The maximum absolute atomic E-state index is 3.66. The van der Waals surface area contributed by atoms with Crippen LogP contribution in [0.25, 0.3) is 0 Å². The highest BCUT2D eigenvalue weighted by molar-refractivity contribution is 9.09. The minimum Gasteiger partial charge on any atom is -0.125 e. The standard InChI is InChI=1S/C13H17BrS/c1-11-5-2-3-6-12(11)15-10-13(9-14)7-4-8-13/h2-3,5-6H,4,7-10H2,1H3. The first-order valence-electron chi connectivity index (χ1n) is 5.50. The molecule has 0 heterocycles. The Morgan fingerprint density at radius 1 is 1.33 bits per heavy atom. The average molecular weight is 285 g/mol. The molecule has 82 valence electrons. The Hall–Kier alpha value is 0.0500. The maximum Gasteiger partial charge on any atom is 0.0101 e. The molecule has 0 unspecified atom stereocenters. The van der Waals surface area contributed by atoms with E-state index in [2.05, 4.69) is 47.1 Å². The first-order chi connectivity index (χ1) is 7.26. The molecule has 0 saturated heterocycles. The fourth-order valence-corrected chi connectivity index (χ4v) is 4.29. The Kier molecular flexibility index (Phi) is 3.78. The summed E-state index contributed by atoms with van der Waals surface area (Å²) in [7, 11) is 0. The van der Waals surface area contributed by atoms with Crippen molar-refractivity contribution in [3.63, 3.8) is 0 Å². The number of halogens is 1. The third-order valence-electron chi connectivity index (χ3n) is 3.33. The molecule has 1 aliphatic carbocycles. The summed E-state index contributed by atoms with van der Waals surface area (Å²) < 4.78 is 0. The molecule has 2 rings (SSSR count). The number of rotatable bonds is 4. The Balaban J connectivity index is 1.95. The van der Waals surface area contributed by atoms with Crippen LogP contribution in [0.1, 0.15) is 24.8 Å². The van der Waals surface area contributed by atoms with Gasteiger partial charge in [-0.05, 0) is 36.8 Å². The van der Waals surface area contributed by atoms with Crippen molar-refractivity contribution in [2.45, 2.75) is 31.1 Å². The monoisotopic (exact) mass is 284 g/mol. The lowest BCUT2D eigenvalue weighted by Gasteiger charge is -2.40. The second-order valence-electron chi connectivity index (χ2n) is 4.54. The van der Waals surface area contributed by atoms with Gasteiger partial charge in [-0.1, -0.05) is 40.5 Å². The lowest BCUT2D eigenvalue weighted by Crippen LogP contribution is -2.33. The molecular weight excluding hydrogens is 268 g/mol. The third-order valence-corrected chi connectivity index (χ3v) is 6.04. The number of hydrogen-bond donors (Lipinski definition) is 0. The van der Waals surface area contributed by atoms with E-state index >= 15 is 0 Å². The molecule has 1 aliphatic rings. The van der Waals surface area contributed by atoms with E-state index in [1.807, 2.05) is 11.8 Å².